The highest BCUT2D eigenvalue weighted by Gasteiger charge is 2.33. The van der Waals surface area contributed by atoms with Gasteiger partial charge in [0.15, 0.2) is 11.0 Å². The molecule has 4 aromatic rings. The Kier molecular flexibility index (Phi) is 5.41. The highest BCUT2D eigenvalue weighted by molar-refractivity contribution is 7.98. The molecule has 164 valence electrons. The molecule has 0 radical (unpaired) electrons. The van der Waals surface area contributed by atoms with E-state index >= 15 is 0 Å². The van der Waals surface area contributed by atoms with Crippen molar-refractivity contribution in [2.24, 2.45) is 0 Å². The Morgan fingerprint density at radius 2 is 1.78 bits per heavy atom. The molecule has 0 spiro atoms. The normalized spacial score (nSPS) is 13.6. The Bertz CT molecular complexity index is 1300. The Morgan fingerprint density at radius 3 is 2.59 bits per heavy atom. The maximum Gasteiger partial charge on any atom is 0.416 e. The molecule has 0 saturated carbocycles. The highest BCUT2D eigenvalue weighted by atomic mass is 32.2. The third kappa shape index (κ3) is 3.66. The van der Waals surface area contributed by atoms with Crippen molar-refractivity contribution in [1.29, 1.82) is 0 Å². The number of aryl methyl sites for hydroxylation is 1. The lowest BCUT2D eigenvalue weighted by molar-refractivity contribution is -0.138. The van der Waals surface area contributed by atoms with Crippen LogP contribution < -0.4 is 0 Å². The minimum atomic E-state index is -4.38. The first-order chi connectivity index (χ1) is 15.5. The van der Waals surface area contributed by atoms with Crippen molar-refractivity contribution in [2.75, 3.05) is 0 Å². The van der Waals surface area contributed by atoms with E-state index in [4.69, 9.17) is 4.98 Å². The van der Waals surface area contributed by atoms with Crippen LogP contribution in [0.15, 0.2) is 53.7 Å². The second-order valence-electron chi connectivity index (χ2n) is 7.78. The van der Waals surface area contributed by atoms with Gasteiger partial charge in [-0.25, -0.2) is 0 Å². The van der Waals surface area contributed by atoms with Crippen molar-refractivity contribution in [3.63, 3.8) is 0 Å². The maximum absolute atomic E-state index is 13.4. The molecule has 0 bridgehead atoms. The van der Waals surface area contributed by atoms with Crippen LogP contribution in [-0.4, -0.2) is 19.7 Å². The number of rotatable bonds is 5. The van der Waals surface area contributed by atoms with E-state index in [0.717, 1.165) is 53.3 Å². The summed E-state index contributed by atoms with van der Waals surface area (Å²) >= 11 is 1.28. The van der Waals surface area contributed by atoms with Gasteiger partial charge in [0.1, 0.15) is 0 Å². The van der Waals surface area contributed by atoms with E-state index < -0.39 is 11.7 Å². The van der Waals surface area contributed by atoms with Gasteiger partial charge in [0.2, 0.25) is 0 Å². The van der Waals surface area contributed by atoms with Gasteiger partial charge >= 0.3 is 6.18 Å². The van der Waals surface area contributed by atoms with Gasteiger partial charge in [0.05, 0.1) is 11.1 Å². The van der Waals surface area contributed by atoms with Gasteiger partial charge < -0.3 is 4.57 Å². The molecule has 0 aliphatic heterocycles. The molecule has 0 atom stereocenters. The van der Waals surface area contributed by atoms with Crippen LogP contribution in [0, 0.1) is 0 Å². The predicted octanol–water partition coefficient (Wildman–Crippen LogP) is 6.31. The number of aromatic nitrogens is 4. The van der Waals surface area contributed by atoms with Crippen LogP contribution in [0.25, 0.3) is 22.3 Å². The fourth-order valence-electron chi connectivity index (χ4n) is 4.40. The lowest BCUT2D eigenvalue weighted by Crippen LogP contribution is -2.08. The summed E-state index contributed by atoms with van der Waals surface area (Å²) in [5.74, 6) is 0.930. The predicted molar refractivity (Wildman–Crippen MR) is 119 cm³/mol. The summed E-state index contributed by atoms with van der Waals surface area (Å²) in [5, 5.41) is 10.5. The quantitative estimate of drug-likeness (QED) is 0.331. The molecule has 0 saturated heterocycles. The zero-order valence-electron chi connectivity index (χ0n) is 17.5. The van der Waals surface area contributed by atoms with Crippen LogP contribution in [0.5, 0.6) is 0 Å². The van der Waals surface area contributed by atoms with E-state index in [1.54, 1.807) is 6.07 Å². The molecular weight excluding hydrogens is 433 g/mol. The van der Waals surface area contributed by atoms with Gasteiger partial charge in [-0.1, -0.05) is 48.2 Å². The molecule has 0 unspecified atom stereocenters. The number of hydrogen-bond acceptors (Lipinski definition) is 4. The molecule has 5 rings (SSSR count). The van der Waals surface area contributed by atoms with Crippen LogP contribution in [-0.2, 0) is 31.3 Å². The summed E-state index contributed by atoms with van der Waals surface area (Å²) in [6, 6.07) is 13.7. The Labute approximate surface area is 187 Å². The average molecular weight is 455 g/mol. The van der Waals surface area contributed by atoms with Crippen molar-refractivity contribution in [2.45, 2.75) is 49.8 Å². The van der Waals surface area contributed by atoms with Crippen molar-refractivity contribution in [1.82, 2.24) is 19.7 Å². The molecule has 2 heterocycles. The highest BCUT2D eigenvalue weighted by Crippen LogP contribution is 2.39. The second-order valence-corrected chi connectivity index (χ2v) is 8.72. The van der Waals surface area contributed by atoms with Gasteiger partial charge in [0.25, 0.3) is 0 Å². The maximum atomic E-state index is 13.4. The monoisotopic (exact) mass is 454 g/mol. The Hall–Kier alpha value is -2.87. The Morgan fingerprint density at radius 1 is 1.00 bits per heavy atom. The third-order valence-corrected chi connectivity index (χ3v) is 6.87. The summed E-state index contributed by atoms with van der Waals surface area (Å²) in [6.07, 6.45) is -1.43. The topological polar surface area (TPSA) is 43.6 Å². The molecule has 32 heavy (non-hydrogen) atoms. The number of pyridine rings is 1. The smallest absolute Gasteiger partial charge is 0.302 e. The van der Waals surface area contributed by atoms with Gasteiger partial charge in [-0.15, -0.1) is 10.2 Å². The van der Waals surface area contributed by atoms with Crippen LogP contribution >= 0.6 is 11.8 Å². The third-order valence-electron chi connectivity index (χ3n) is 5.86. The van der Waals surface area contributed by atoms with E-state index in [2.05, 4.69) is 16.3 Å². The summed E-state index contributed by atoms with van der Waals surface area (Å²) in [4.78, 5) is 4.84. The number of hydrogen-bond donors (Lipinski definition) is 0. The van der Waals surface area contributed by atoms with Crippen molar-refractivity contribution in [3.05, 3.63) is 70.9 Å². The van der Waals surface area contributed by atoms with E-state index in [9.17, 15) is 13.2 Å². The SMILES string of the molecule is CCn1c(SCc2ccccc2C(F)(F)F)nnc1-c1c2c(nc3ccccc13)CCC2. The molecule has 8 heteroatoms. The van der Waals surface area contributed by atoms with Gasteiger partial charge in [0, 0.05) is 28.9 Å². The van der Waals surface area contributed by atoms with Crippen LogP contribution in [0.1, 0.15) is 35.7 Å². The minimum absolute atomic E-state index is 0.170. The van der Waals surface area contributed by atoms with E-state index in [0.29, 0.717) is 11.7 Å². The second kappa shape index (κ2) is 8.24. The van der Waals surface area contributed by atoms with E-state index in [1.165, 1.54) is 29.5 Å². The molecule has 2 aromatic heterocycles. The average Bonchev–Trinajstić information content (AvgIpc) is 3.42. The van der Waals surface area contributed by atoms with Crippen LogP contribution in [0.4, 0.5) is 13.2 Å². The minimum Gasteiger partial charge on any atom is -0.302 e. The molecule has 1 aliphatic rings. The van der Waals surface area contributed by atoms with Crippen molar-refractivity contribution in [3.8, 4) is 11.4 Å². The number of fused-ring (bicyclic) bond motifs is 2. The Balaban J connectivity index is 1.55. The zero-order valence-corrected chi connectivity index (χ0v) is 18.3. The van der Waals surface area contributed by atoms with Gasteiger partial charge in [-0.2, -0.15) is 13.2 Å². The van der Waals surface area contributed by atoms with Gasteiger partial charge in [-0.05, 0) is 49.4 Å². The van der Waals surface area contributed by atoms with Crippen molar-refractivity contribution < 1.29 is 13.2 Å². The zero-order chi connectivity index (χ0) is 22.3. The standard InChI is InChI=1S/C24H21F3N4S/c1-2-31-22(21-16-9-4-6-12-19(16)28-20-13-7-10-17(20)21)29-30-23(31)32-14-15-8-3-5-11-18(15)24(25,26)27/h3-6,8-9,11-12H,2,7,10,13-14H2,1H3. The number of nitrogens with zero attached hydrogens (tertiary/aromatic N) is 4. The fourth-order valence-corrected chi connectivity index (χ4v) is 5.40. The molecule has 1 aliphatic carbocycles. The molecule has 2 aromatic carbocycles. The van der Waals surface area contributed by atoms with E-state index in [1.807, 2.05) is 29.7 Å². The van der Waals surface area contributed by atoms with E-state index in [-0.39, 0.29) is 11.3 Å². The number of para-hydroxylation sites is 1. The summed E-state index contributed by atoms with van der Waals surface area (Å²) in [5.41, 5.74) is 3.95. The number of alkyl halides is 3. The first kappa shape index (κ1) is 21.0. The molecule has 0 fully saturated rings. The summed E-state index contributed by atoms with van der Waals surface area (Å²) in [7, 11) is 0. The molecule has 0 amide bonds. The summed E-state index contributed by atoms with van der Waals surface area (Å²) in [6.45, 7) is 2.63. The molecule has 0 N–H and O–H groups in total. The first-order valence-corrected chi connectivity index (χ1v) is 11.6. The lowest BCUT2D eigenvalue weighted by atomic mass is 10.0. The number of benzene rings is 2. The number of halogens is 3. The van der Waals surface area contributed by atoms with Gasteiger partial charge in [-0.3, -0.25) is 4.98 Å². The number of thioether (sulfide) groups is 1. The molecular formula is C24H21F3N4S. The molecule has 4 nitrogen and oxygen atoms in total. The first-order valence-electron chi connectivity index (χ1n) is 10.6. The lowest BCUT2D eigenvalue weighted by Gasteiger charge is -2.14. The van der Waals surface area contributed by atoms with Crippen LogP contribution in [0.2, 0.25) is 0 Å². The summed E-state index contributed by atoms with van der Waals surface area (Å²) < 4.78 is 42.1. The fraction of sp³-hybridized carbons (Fsp3) is 0.292. The van der Waals surface area contributed by atoms with Crippen LogP contribution in [0.3, 0.4) is 0 Å². The largest absolute Gasteiger partial charge is 0.416 e. The van der Waals surface area contributed by atoms with Crippen molar-refractivity contribution >= 4 is 22.7 Å².